The van der Waals surface area contributed by atoms with E-state index >= 15 is 0 Å². The van der Waals surface area contributed by atoms with Crippen molar-refractivity contribution in [3.63, 3.8) is 0 Å². The third-order valence-electron chi connectivity index (χ3n) is 3.59. The Kier molecular flexibility index (Phi) is 4.81. The second-order valence-electron chi connectivity index (χ2n) is 4.81. The first-order chi connectivity index (χ1) is 9.18. The van der Waals surface area contributed by atoms with E-state index in [0.29, 0.717) is 24.2 Å². The first-order valence-electron chi connectivity index (χ1n) is 6.51. The molecular formula is C13H19N3O3. The molecule has 1 atom stereocenters. The topological polar surface area (TPSA) is 84.3 Å². The maximum Gasteiger partial charge on any atom is 0.339 e. The lowest BCUT2D eigenvalue weighted by atomic mass is 9.93. The van der Waals surface area contributed by atoms with Gasteiger partial charge in [-0.1, -0.05) is 0 Å². The quantitative estimate of drug-likeness (QED) is 0.828. The van der Waals surface area contributed by atoms with Crippen molar-refractivity contribution in [3.05, 3.63) is 23.8 Å². The summed E-state index contributed by atoms with van der Waals surface area (Å²) in [6.07, 6.45) is 4.81. The van der Waals surface area contributed by atoms with Gasteiger partial charge in [0.15, 0.2) is 0 Å². The molecule has 2 N–H and O–H groups in total. The van der Waals surface area contributed by atoms with E-state index in [1.165, 1.54) is 12.5 Å². The van der Waals surface area contributed by atoms with Crippen LogP contribution in [0.5, 0.6) is 0 Å². The number of rotatable bonds is 5. The zero-order valence-electron chi connectivity index (χ0n) is 11.0. The summed E-state index contributed by atoms with van der Waals surface area (Å²) in [5.74, 6) is -0.417. The molecule has 1 aromatic heterocycles. The second kappa shape index (κ2) is 6.58. The predicted octanol–water partition coefficient (Wildman–Crippen LogP) is 1.08. The highest BCUT2D eigenvalue weighted by Gasteiger charge is 2.20. The first-order valence-corrected chi connectivity index (χ1v) is 6.51. The van der Waals surface area contributed by atoms with Crippen LogP contribution in [-0.2, 0) is 11.3 Å². The van der Waals surface area contributed by atoms with Gasteiger partial charge in [-0.3, -0.25) is 0 Å². The van der Waals surface area contributed by atoms with E-state index in [0.717, 1.165) is 26.1 Å². The molecule has 0 amide bonds. The van der Waals surface area contributed by atoms with E-state index in [-0.39, 0.29) is 5.56 Å². The molecule has 104 valence electrons. The van der Waals surface area contributed by atoms with Crippen LogP contribution in [0.3, 0.4) is 0 Å². The number of nitrogens with zero attached hydrogens (tertiary/aromatic N) is 2. The van der Waals surface area contributed by atoms with Gasteiger partial charge in [0.2, 0.25) is 0 Å². The molecule has 1 aliphatic heterocycles. The molecule has 2 rings (SSSR count). The number of carboxylic acid groups (broad SMARTS) is 1. The Morgan fingerprint density at radius 3 is 3.00 bits per heavy atom. The second-order valence-corrected chi connectivity index (χ2v) is 4.81. The number of hydrogen-bond donors (Lipinski definition) is 2. The van der Waals surface area contributed by atoms with Crippen LogP contribution in [-0.4, -0.2) is 40.3 Å². The smallest absolute Gasteiger partial charge is 0.339 e. The molecule has 1 unspecified atom stereocenters. The molecule has 0 spiro atoms. The average Bonchev–Trinajstić information content (AvgIpc) is 2.46. The molecule has 2 heterocycles. The number of ether oxygens (including phenoxy) is 1. The summed E-state index contributed by atoms with van der Waals surface area (Å²) in [6, 6.07) is 0.320. The van der Waals surface area contributed by atoms with Crippen LogP contribution in [0, 0.1) is 5.92 Å². The van der Waals surface area contributed by atoms with Gasteiger partial charge < -0.3 is 15.2 Å². The molecule has 1 saturated heterocycles. The Bertz CT molecular complexity index is 433. The van der Waals surface area contributed by atoms with Crippen LogP contribution in [0.15, 0.2) is 12.5 Å². The van der Waals surface area contributed by atoms with Gasteiger partial charge in [0.25, 0.3) is 0 Å². The zero-order chi connectivity index (χ0) is 13.7. The third kappa shape index (κ3) is 3.71. The average molecular weight is 265 g/mol. The molecular weight excluding hydrogens is 246 g/mol. The lowest BCUT2D eigenvalue weighted by Crippen LogP contribution is -2.36. The zero-order valence-corrected chi connectivity index (χ0v) is 11.0. The molecule has 0 bridgehead atoms. The van der Waals surface area contributed by atoms with Crippen LogP contribution in [0.4, 0.5) is 0 Å². The minimum Gasteiger partial charge on any atom is -0.478 e. The molecule has 0 saturated carbocycles. The number of nitrogens with one attached hydrogen (secondary N) is 1. The fourth-order valence-corrected chi connectivity index (χ4v) is 2.31. The summed E-state index contributed by atoms with van der Waals surface area (Å²) in [7, 11) is 0. The molecule has 0 aliphatic carbocycles. The van der Waals surface area contributed by atoms with Crippen molar-refractivity contribution in [1.29, 1.82) is 0 Å². The highest BCUT2D eigenvalue weighted by atomic mass is 16.5. The highest BCUT2D eigenvalue weighted by Crippen LogP contribution is 2.18. The molecule has 6 nitrogen and oxygen atoms in total. The van der Waals surface area contributed by atoms with Gasteiger partial charge in [-0.2, -0.15) is 0 Å². The number of hydrogen-bond acceptors (Lipinski definition) is 5. The van der Waals surface area contributed by atoms with Crippen molar-refractivity contribution in [1.82, 2.24) is 15.3 Å². The SMILES string of the molecule is CC(NCc1ncncc1C(=O)O)C1CCOCC1. The Morgan fingerprint density at radius 1 is 1.58 bits per heavy atom. The molecule has 19 heavy (non-hydrogen) atoms. The van der Waals surface area contributed by atoms with Crippen LogP contribution >= 0.6 is 0 Å². The Morgan fingerprint density at radius 2 is 2.32 bits per heavy atom. The van der Waals surface area contributed by atoms with Gasteiger partial charge in [0.05, 0.1) is 5.69 Å². The lowest BCUT2D eigenvalue weighted by Gasteiger charge is -2.28. The van der Waals surface area contributed by atoms with Crippen molar-refractivity contribution in [2.45, 2.75) is 32.4 Å². The van der Waals surface area contributed by atoms with Gasteiger partial charge in [-0.05, 0) is 25.7 Å². The number of aromatic nitrogens is 2. The highest BCUT2D eigenvalue weighted by molar-refractivity contribution is 5.88. The van der Waals surface area contributed by atoms with Gasteiger partial charge in [-0.15, -0.1) is 0 Å². The normalized spacial score (nSPS) is 18.2. The maximum atomic E-state index is 11.0. The Labute approximate surface area is 112 Å². The Hall–Kier alpha value is -1.53. The molecule has 1 fully saturated rings. The minimum absolute atomic E-state index is 0.161. The summed E-state index contributed by atoms with van der Waals surface area (Å²) in [6.45, 7) is 4.19. The van der Waals surface area contributed by atoms with Gasteiger partial charge in [0.1, 0.15) is 11.9 Å². The van der Waals surface area contributed by atoms with Gasteiger partial charge in [0, 0.05) is 32.0 Å². The standard InChI is InChI=1S/C13H19N3O3/c1-9(10-2-4-19-5-3-10)15-7-12-11(13(17)18)6-14-8-16-12/h6,8-10,15H,2-5,7H2,1H3,(H,17,18). The van der Waals surface area contributed by atoms with Crippen molar-refractivity contribution < 1.29 is 14.6 Å². The number of carbonyl (C=O) groups is 1. The maximum absolute atomic E-state index is 11.0. The van der Waals surface area contributed by atoms with Crippen LogP contribution in [0.25, 0.3) is 0 Å². The van der Waals surface area contributed by atoms with E-state index in [1.54, 1.807) is 0 Å². The van der Waals surface area contributed by atoms with Crippen molar-refractivity contribution in [2.24, 2.45) is 5.92 Å². The summed E-state index contributed by atoms with van der Waals surface area (Å²) in [5, 5.41) is 12.4. The van der Waals surface area contributed by atoms with Gasteiger partial charge in [-0.25, -0.2) is 14.8 Å². The van der Waals surface area contributed by atoms with Crippen molar-refractivity contribution in [3.8, 4) is 0 Å². The predicted molar refractivity (Wildman–Crippen MR) is 68.8 cm³/mol. The molecule has 0 radical (unpaired) electrons. The van der Waals surface area contributed by atoms with E-state index in [1.807, 2.05) is 0 Å². The van der Waals surface area contributed by atoms with E-state index in [9.17, 15) is 4.79 Å². The van der Waals surface area contributed by atoms with E-state index in [2.05, 4.69) is 22.2 Å². The fourth-order valence-electron chi connectivity index (χ4n) is 2.31. The summed E-state index contributed by atoms with van der Waals surface area (Å²) >= 11 is 0. The van der Waals surface area contributed by atoms with Crippen LogP contribution in [0.1, 0.15) is 35.8 Å². The largest absolute Gasteiger partial charge is 0.478 e. The van der Waals surface area contributed by atoms with Crippen molar-refractivity contribution in [2.75, 3.05) is 13.2 Å². The summed E-state index contributed by atoms with van der Waals surface area (Å²) in [5.41, 5.74) is 0.690. The van der Waals surface area contributed by atoms with E-state index in [4.69, 9.17) is 9.84 Å². The third-order valence-corrected chi connectivity index (χ3v) is 3.59. The van der Waals surface area contributed by atoms with Crippen LogP contribution < -0.4 is 5.32 Å². The lowest BCUT2D eigenvalue weighted by molar-refractivity contribution is 0.0557. The summed E-state index contributed by atoms with van der Waals surface area (Å²) < 4.78 is 5.34. The van der Waals surface area contributed by atoms with Crippen LogP contribution in [0.2, 0.25) is 0 Å². The number of carboxylic acids is 1. The molecule has 1 aliphatic rings. The monoisotopic (exact) mass is 265 g/mol. The minimum atomic E-state index is -0.990. The summed E-state index contributed by atoms with van der Waals surface area (Å²) in [4.78, 5) is 18.8. The van der Waals surface area contributed by atoms with Gasteiger partial charge >= 0.3 is 5.97 Å². The molecule has 0 aromatic carbocycles. The van der Waals surface area contributed by atoms with Crippen molar-refractivity contribution >= 4 is 5.97 Å². The molecule has 1 aromatic rings. The molecule has 6 heteroatoms. The first kappa shape index (κ1) is 13.9. The number of aromatic carboxylic acids is 1. The fraction of sp³-hybridized carbons (Fsp3) is 0.615. The Balaban J connectivity index is 1.92. The van der Waals surface area contributed by atoms with E-state index < -0.39 is 5.97 Å².